The van der Waals surface area contributed by atoms with Crippen molar-refractivity contribution in [2.75, 3.05) is 37.4 Å². The zero-order valence-corrected chi connectivity index (χ0v) is 18.1. The molecule has 0 bridgehead atoms. The van der Waals surface area contributed by atoms with Crippen molar-refractivity contribution in [2.24, 2.45) is 0 Å². The lowest BCUT2D eigenvalue weighted by Gasteiger charge is -2.37. The van der Waals surface area contributed by atoms with E-state index in [0.29, 0.717) is 55.2 Å². The molecule has 0 spiro atoms. The van der Waals surface area contributed by atoms with Gasteiger partial charge in [0.2, 0.25) is 0 Å². The minimum Gasteiger partial charge on any atom is -0.443 e. The van der Waals surface area contributed by atoms with Crippen LogP contribution in [-0.2, 0) is 15.1 Å². The van der Waals surface area contributed by atoms with Gasteiger partial charge in [-0.05, 0) is 42.3 Å². The number of nitrogen functional groups attached to an aromatic ring is 1. The van der Waals surface area contributed by atoms with Crippen LogP contribution < -0.4 is 11.1 Å². The summed E-state index contributed by atoms with van der Waals surface area (Å²) in [6.07, 6.45) is 0.282. The van der Waals surface area contributed by atoms with Gasteiger partial charge in [-0.25, -0.2) is 9.18 Å². The van der Waals surface area contributed by atoms with Gasteiger partial charge >= 0.3 is 6.09 Å². The molecule has 0 saturated carbocycles. The van der Waals surface area contributed by atoms with Crippen molar-refractivity contribution in [2.45, 2.75) is 38.0 Å². The summed E-state index contributed by atoms with van der Waals surface area (Å²) in [7, 11) is 0. The van der Waals surface area contributed by atoms with E-state index < -0.39 is 11.8 Å². The summed E-state index contributed by atoms with van der Waals surface area (Å²) in [5, 5.41) is 2.72. The van der Waals surface area contributed by atoms with Gasteiger partial charge in [-0.1, -0.05) is 18.2 Å². The molecule has 8 heteroatoms. The molecule has 0 aromatic heterocycles. The van der Waals surface area contributed by atoms with Gasteiger partial charge in [0.05, 0.1) is 13.2 Å². The SMILES string of the molecule is Cc1ccc(C(=O)N2CCC(F)(c3ccc(N)cc3)CC2)cc1NC(=O)O[C@@H]1CCOC1. The maximum absolute atomic E-state index is 15.5. The van der Waals surface area contributed by atoms with Gasteiger partial charge < -0.3 is 20.1 Å². The molecule has 2 aliphatic heterocycles. The van der Waals surface area contributed by atoms with E-state index in [2.05, 4.69) is 5.32 Å². The summed E-state index contributed by atoms with van der Waals surface area (Å²) in [6, 6.07) is 11.9. The molecule has 0 radical (unpaired) electrons. The van der Waals surface area contributed by atoms with Crippen LogP contribution in [0.5, 0.6) is 0 Å². The number of hydrogen-bond acceptors (Lipinski definition) is 5. The first-order chi connectivity index (χ1) is 15.3. The number of amides is 2. The normalized spacial score (nSPS) is 20.1. The Hall–Kier alpha value is -3.13. The molecule has 1 atom stereocenters. The Labute approximate surface area is 186 Å². The zero-order chi connectivity index (χ0) is 22.7. The second-order valence-electron chi connectivity index (χ2n) is 8.43. The van der Waals surface area contributed by atoms with E-state index in [9.17, 15) is 9.59 Å². The summed E-state index contributed by atoms with van der Waals surface area (Å²) in [5.41, 5.74) is 7.17. The fourth-order valence-electron chi connectivity index (χ4n) is 4.10. The maximum Gasteiger partial charge on any atom is 0.411 e. The average molecular weight is 442 g/mol. The fraction of sp³-hybridized carbons (Fsp3) is 0.417. The maximum atomic E-state index is 15.5. The van der Waals surface area contributed by atoms with Gasteiger partial charge in [0.1, 0.15) is 11.8 Å². The summed E-state index contributed by atoms with van der Waals surface area (Å²) >= 11 is 0. The number of alkyl halides is 1. The Balaban J connectivity index is 1.39. The van der Waals surface area contributed by atoms with Crippen LogP contribution in [0.1, 0.15) is 40.7 Å². The van der Waals surface area contributed by atoms with Gasteiger partial charge in [0.25, 0.3) is 5.91 Å². The van der Waals surface area contributed by atoms with Gasteiger partial charge in [-0.3, -0.25) is 10.1 Å². The van der Waals surface area contributed by atoms with E-state index in [1.54, 1.807) is 47.4 Å². The van der Waals surface area contributed by atoms with Gasteiger partial charge in [0.15, 0.2) is 0 Å². The molecule has 170 valence electrons. The van der Waals surface area contributed by atoms with Crippen LogP contribution in [0.3, 0.4) is 0 Å². The number of hydrogen-bond donors (Lipinski definition) is 2. The second kappa shape index (κ2) is 9.16. The van der Waals surface area contributed by atoms with E-state index in [4.69, 9.17) is 15.2 Å². The summed E-state index contributed by atoms with van der Waals surface area (Å²) in [6.45, 7) is 3.43. The summed E-state index contributed by atoms with van der Waals surface area (Å²) in [4.78, 5) is 26.9. The highest BCUT2D eigenvalue weighted by molar-refractivity contribution is 5.96. The average Bonchev–Trinajstić information content (AvgIpc) is 3.28. The van der Waals surface area contributed by atoms with Crippen molar-refractivity contribution >= 4 is 23.4 Å². The predicted octanol–water partition coefficient (Wildman–Crippen LogP) is 4.02. The number of likely N-dealkylation sites (tertiary alicyclic amines) is 1. The Morgan fingerprint density at radius 3 is 2.56 bits per heavy atom. The highest BCUT2D eigenvalue weighted by Crippen LogP contribution is 2.37. The Bertz CT molecular complexity index is 981. The Morgan fingerprint density at radius 2 is 1.91 bits per heavy atom. The van der Waals surface area contributed by atoms with Crippen molar-refractivity contribution in [3.05, 3.63) is 59.2 Å². The number of ether oxygens (including phenoxy) is 2. The summed E-state index contributed by atoms with van der Waals surface area (Å²) in [5.74, 6) is -0.190. The monoisotopic (exact) mass is 441 g/mol. The standard InChI is InChI=1S/C24H28FN3O4/c1-16-2-3-17(14-21(16)27-23(30)32-20-8-13-31-15-20)22(29)28-11-9-24(25,10-12-28)18-4-6-19(26)7-5-18/h2-7,14,20H,8-13,15,26H2,1H3,(H,27,30)/t20-/m1/s1. The number of halogens is 1. The third kappa shape index (κ3) is 4.85. The molecular weight excluding hydrogens is 413 g/mol. The van der Waals surface area contributed by atoms with E-state index in [1.807, 2.05) is 6.92 Å². The Kier molecular flexibility index (Phi) is 6.32. The number of nitrogens with two attached hydrogens (primary N) is 1. The molecule has 2 amide bonds. The van der Waals surface area contributed by atoms with Crippen LogP contribution in [0.4, 0.5) is 20.6 Å². The number of anilines is 2. The lowest BCUT2D eigenvalue weighted by molar-refractivity contribution is 0.0421. The van der Waals surface area contributed by atoms with Crippen molar-refractivity contribution in [1.29, 1.82) is 0 Å². The number of nitrogens with one attached hydrogen (secondary N) is 1. The highest BCUT2D eigenvalue weighted by atomic mass is 19.1. The van der Waals surface area contributed by atoms with E-state index in [-0.39, 0.29) is 24.9 Å². The molecule has 7 nitrogen and oxygen atoms in total. The zero-order valence-electron chi connectivity index (χ0n) is 18.1. The first kappa shape index (κ1) is 22.1. The van der Waals surface area contributed by atoms with Gasteiger partial charge in [0, 0.05) is 49.3 Å². The molecule has 0 unspecified atom stereocenters. The van der Waals surface area contributed by atoms with Crippen molar-refractivity contribution in [1.82, 2.24) is 4.90 Å². The molecule has 2 heterocycles. The van der Waals surface area contributed by atoms with Crippen LogP contribution >= 0.6 is 0 Å². The first-order valence-corrected chi connectivity index (χ1v) is 10.8. The van der Waals surface area contributed by atoms with E-state index >= 15 is 4.39 Å². The Morgan fingerprint density at radius 1 is 1.19 bits per heavy atom. The number of benzene rings is 2. The van der Waals surface area contributed by atoms with Gasteiger partial charge in [-0.2, -0.15) is 0 Å². The van der Waals surface area contributed by atoms with Gasteiger partial charge in [-0.15, -0.1) is 0 Å². The lowest BCUT2D eigenvalue weighted by atomic mass is 9.86. The number of carbonyl (C=O) groups is 2. The predicted molar refractivity (Wildman–Crippen MR) is 119 cm³/mol. The third-order valence-electron chi connectivity index (χ3n) is 6.15. The largest absolute Gasteiger partial charge is 0.443 e. The van der Waals surface area contributed by atoms with E-state index in [1.165, 1.54) is 0 Å². The topological polar surface area (TPSA) is 93.9 Å². The molecule has 0 aliphatic carbocycles. The fourth-order valence-corrected chi connectivity index (χ4v) is 4.10. The molecule has 2 aromatic rings. The van der Waals surface area contributed by atoms with Crippen LogP contribution in [0.25, 0.3) is 0 Å². The molecule has 2 aliphatic rings. The molecule has 2 aromatic carbocycles. The molecule has 2 fully saturated rings. The smallest absolute Gasteiger partial charge is 0.411 e. The number of piperidine rings is 1. The van der Waals surface area contributed by atoms with Crippen LogP contribution in [-0.4, -0.2) is 49.3 Å². The van der Waals surface area contributed by atoms with Crippen molar-refractivity contribution < 1.29 is 23.5 Å². The quantitative estimate of drug-likeness (QED) is 0.699. The van der Waals surface area contributed by atoms with Crippen LogP contribution in [0.2, 0.25) is 0 Å². The lowest BCUT2D eigenvalue weighted by Crippen LogP contribution is -2.43. The first-order valence-electron chi connectivity index (χ1n) is 10.8. The number of carbonyl (C=O) groups excluding carboxylic acids is 2. The van der Waals surface area contributed by atoms with Crippen LogP contribution in [0, 0.1) is 6.92 Å². The second-order valence-corrected chi connectivity index (χ2v) is 8.43. The molecule has 3 N–H and O–H groups in total. The number of aryl methyl sites for hydroxylation is 1. The molecule has 32 heavy (non-hydrogen) atoms. The third-order valence-corrected chi connectivity index (χ3v) is 6.15. The highest BCUT2D eigenvalue weighted by Gasteiger charge is 2.37. The van der Waals surface area contributed by atoms with E-state index in [0.717, 1.165) is 5.56 Å². The molecular formula is C24H28FN3O4. The molecule has 2 saturated heterocycles. The van der Waals surface area contributed by atoms with Crippen molar-refractivity contribution in [3.63, 3.8) is 0 Å². The minimum absolute atomic E-state index is 0.190. The van der Waals surface area contributed by atoms with Crippen molar-refractivity contribution in [3.8, 4) is 0 Å². The number of nitrogens with zero attached hydrogens (tertiary/aromatic N) is 1. The summed E-state index contributed by atoms with van der Waals surface area (Å²) < 4.78 is 26.0. The number of rotatable bonds is 4. The van der Waals surface area contributed by atoms with Crippen LogP contribution in [0.15, 0.2) is 42.5 Å². The molecule has 4 rings (SSSR count). The minimum atomic E-state index is -1.47.